The zero-order chi connectivity index (χ0) is 14.3. The van der Waals surface area contributed by atoms with Gasteiger partial charge in [-0.15, -0.1) is 0 Å². The Hall–Kier alpha value is -2.33. The van der Waals surface area contributed by atoms with Gasteiger partial charge < -0.3 is 9.81 Å². The van der Waals surface area contributed by atoms with E-state index < -0.39 is 0 Å². The maximum absolute atomic E-state index is 12.7. The van der Waals surface area contributed by atoms with Gasteiger partial charge >= 0.3 is 0 Å². The van der Waals surface area contributed by atoms with E-state index in [0.717, 1.165) is 5.69 Å². The molecule has 0 atom stereocenters. The lowest BCUT2D eigenvalue weighted by molar-refractivity contribution is 0.939. The molecule has 0 radical (unpaired) electrons. The molecule has 100 valence electrons. The van der Waals surface area contributed by atoms with E-state index in [0.29, 0.717) is 21.9 Å². The van der Waals surface area contributed by atoms with Crippen LogP contribution in [0.25, 0.3) is 11.2 Å². The molecule has 0 amide bonds. The summed E-state index contributed by atoms with van der Waals surface area (Å²) in [5.74, 6) is 0. The molecule has 0 saturated carbocycles. The Kier molecular flexibility index (Phi) is 2.95. The molecule has 0 spiro atoms. The fourth-order valence-corrected chi connectivity index (χ4v) is 2.48. The van der Waals surface area contributed by atoms with E-state index in [9.17, 15) is 4.79 Å². The molecule has 0 bridgehead atoms. The summed E-state index contributed by atoms with van der Waals surface area (Å²) in [7, 11) is 0. The van der Waals surface area contributed by atoms with Gasteiger partial charge in [0, 0.05) is 18.1 Å². The fraction of sp³-hybridized carbons (Fsp3) is 0.0667. The van der Waals surface area contributed by atoms with E-state index >= 15 is 0 Å². The zero-order valence-electron chi connectivity index (χ0n) is 10.8. The molecule has 0 saturated heterocycles. The van der Waals surface area contributed by atoms with Crippen molar-refractivity contribution in [3.63, 3.8) is 0 Å². The third-order valence-electron chi connectivity index (χ3n) is 3.17. The van der Waals surface area contributed by atoms with Crippen molar-refractivity contribution >= 4 is 22.8 Å². The highest BCUT2D eigenvalue weighted by Crippen LogP contribution is 2.18. The summed E-state index contributed by atoms with van der Waals surface area (Å²) in [5.41, 5.74) is 1.77. The number of rotatable bonds is 2. The Morgan fingerprint density at radius 2 is 1.90 bits per heavy atom. The van der Waals surface area contributed by atoms with E-state index in [1.807, 2.05) is 30.3 Å². The Balaban J connectivity index is 2.48. The Bertz CT molecular complexity index is 862. The van der Waals surface area contributed by atoms with Crippen LogP contribution in [0.5, 0.6) is 0 Å². The van der Waals surface area contributed by atoms with Crippen LogP contribution in [0.3, 0.4) is 0 Å². The SMILES string of the molecule is CC(=N)c1cn2ccc(Cl)c2c(=O)n1-c1ccccc1. The predicted molar refractivity (Wildman–Crippen MR) is 80.5 cm³/mol. The van der Waals surface area contributed by atoms with Gasteiger partial charge in [0.2, 0.25) is 0 Å². The van der Waals surface area contributed by atoms with Crippen LogP contribution in [0.1, 0.15) is 12.6 Å². The lowest BCUT2D eigenvalue weighted by Crippen LogP contribution is -2.25. The second-order valence-corrected chi connectivity index (χ2v) is 4.94. The molecule has 4 nitrogen and oxygen atoms in total. The molecule has 0 unspecified atom stereocenters. The van der Waals surface area contributed by atoms with Crippen molar-refractivity contribution < 1.29 is 0 Å². The van der Waals surface area contributed by atoms with Crippen molar-refractivity contribution in [1.82, 2.24) is 8.97 Å². The molecule has 0 fully saturated rings. The second kappa shape index (κ2) is 4.65. The monoisotopic (exact) mass is 285 g/mol. The summed E-state index contributed by atoms with van der Waals surface area (Å²) < 4.78 is 3.18. The summed E-state index contributed by atoms with van der Waals surface area (Å²) in [5, 5.41) is 8.31. The van der Waals surface area contributed by atoms with Gasteiger partial charge in [-0.1, -0.05) is 29.8 Å². The quantitative estimate of drug-likeness (QED) is 0.723. The highest BCUT2D eigenvalue weighted by Gasteiger charge is 2.14. The number of benzene rings is 1. The number of nitrogens with one attached hydrogen (secondary N) is 1. The van der Waals surface area contributed by atoms with Gasteiger partial charge in [0.15, 0.2) is 0 Å². The third-order valence-corrected chi connectivity index (χ3v) is 3.48. The smallest absolute Gasteiger partial charge is 0.281 e. The van der Waals surface area contributed by atoms with Crippen molar-refractivity contribution in [1.29, 1.82) is 5.41 Å². The summed E-state index contributed by atoms with van der Waals surface area (Å²) in [6.45, 7) is 1.66. The van der Waals surface area contributed by atoms with Crippen LogP contribution < -0.4 is 5.56 Å². The van der Waals surface area contributed by atoms with Gasteiger partial charge in [-0.3, -0.25) is 9.36 Å². The molecule has 20 heavy (non-hydrogen) atoms. The number of nitrogens with zero attached hydrogens (tertiary/aromatic N) is 2. The largest absolute Gasteiger partial charge is 0.316 e. The molecule has 3 aromatic rings. The van der Waals surface area contributed by atoms with Gasteiger partial charge in [0.25, 0.3) is 5.56 Å². The molecule has 0 aliphatic heterocycles. The van der Waals surface area contributed by atoms with Crippen LogP contribution in [-0.2, 0) is 0 Å². The van der Waals surface area contributed by atoms with Crippen molar-refractivity contribution in [3.05, 3.63) is 69.9 Å². The lowest BCUT2D eigenvalue weighted by Gasteiger charge is -2.13. The first-order chi connectivity index (χ1) is 9.59. The van der Waals surface area contributed by atoms with E-state index in [4.69, 9.17) is 17.0 Å². The van der Waals surface area contributed by atoms with E-state index in [1.54, 1.807) is 29.8 Å². The van der Waals surface area contributed by atoms with Crippen LogP contribution in [0.15, 0.2) is 53.6 Å². The van der Waals surface area contributed by atoms with Crippen molar-refractivity contribution in [2.24, 2.45) is 0 Å². The van der Waals surface area contributed by atoms with Gasteiger partial charge in [-0.05, 0) is 25.1 Å². The molecule has 0 aliphatic rings. The highest BCUT2D eigenvalue weighted by molar-refractivity contribution is 6.33. The fourth-order valence-electron chi connectivity index (χ4n) is 2.25. The van der Waals surface area contributed by atoms with Crippen molar-refractivity contribution in [2.45, 2.75) is 6.92 Å². The lowest BCUT2D eigenvalue weighted by atomic mass is 10.2. The van der Waals surface area contributed by atoms with Crippen molar-refractivity contribution in [3.8, 4) is 5.69 Å². The minimum Gasteiger partial charge on any atom is -0.316 e. The molecule has 5 heteroatoms. The van der Waals surface area contributed by atoms with E-state index in [2.05, 4.69) is 0 Å². The predicted octanol–water partition coefficient (Wildman–Crippen LogP) is 3.13. The van der Waals surface area contributed by atoms with Crippen LogP contribution >= 0.6 is 11.6 Å². The Morgan fingerprint density at radius 3 is 2.55 bits per heavy atom. The number of aromatic nitrogens is 2. The highest BCUT2D eigenvalue weighted by atomic mass is 35.5. The first-order valence-corrected chi connectivity index (χ1v) is 6.50. The molecular formula is C15H12ClN3O. The standard InChI is InChI=1S/C15H12ClN3O/c1-10(17)13-9-18-8-7-12(16)14(18)15(20)19(13)11-5-3-2-4-6-11/h2-9,17H,1H3. The molecule has 1 aromatic carbocycles. The summed E-state index contributed by atoms with van der Waals surface area (Å²) in [4.78, 5) is 12.7. The number of hydrogen-bond donors (Lipinski definition) is 1. The minimum atomic E-state index is -0.227. The first-order valence-electron chi connectivity index (χ1n) is 6.13. The van der Waals surface area contributed by atoms with Gasteiger partial charge in [-0.25, -0.2) is 0 Å². The zero-order valence-corrected chi connectivity index (χ0v) is 11.6. The first kappa shape index (κ1) is 12.7. The average molecular weight is 286 g/mol. The summed E-state index contributed by atoms with van der Waals surface area (Å²) >= 11 is 6.08. The number of para-hydroxylation sites is 1. The van der Waals surface area contributed by atoms with Crippen LogP contribution in [0.4, 0.5) is 0 Å². The number of halogens is 1. The number of hydrogen-bond acceptors (Lipinski definition) is 2. The van der Waals surface area contributed by atoms with Crippen LogP contribution in [-0.4, -0.2) is 14.7 Å². The normalized spacial score (nSPS) is 10.9. The maximum atomic E-state index is 12.7. The molecule has 3 rings (SSSR count). The van der Waals surface area contributed by atoms with E-state index in [1.165, 1.54) is 4.57 Å². The van der Waals surface area contributed by atoms with Crippen molar-refractivity contribution in [2.75, 3.05) is 0 Å². The molecular weight excluding hydrogens is 274 g/mol. The number of fused-ring (bicyclic) bond motifs is 1. The maximum Gasteiger partial charge on any atom is 0.281 e. The van der Waals surface area contributed by atoms with Gasteiger partial charge in [0.1, 0.15) is 5.52 Å². The van der Waals surface area contributed by atoms with Crippen LogP contribution in [0, 0.1) is 5.41 Å². The average Bonchev–Trinajstić information content (AvgIpc) is 2.81. The Labute approximate surface area is 120 Å². The second-order valence-electron chi connectivity index (χ2n) is 4.54. The topological polar surface area (TPSA) is 50.3 Å². The summed E-state index contributed by atoms with van der Waals surface area (Å²) in [6, 6.07) is 10.9. The van der Waals surface area contributed by atoms with Gasteiger partial charge in [-0.2, -0.15) is 0 Å². The molecule has 1 N–H and O–H groups in total. The Morgan fingerprint density at radius 1 is 1.20 bits per heavy atom. The molecule has 2 aromatic heterocycles. The summed E-state index contributed by atoms with van der Waals surface area (Å²) in [6.07, 6.45) is 3.47. The van der Waals surface area contributed by atoms with Crippen LogP contribution in [0.2, 0.25) is 5.02 Å². The molecule has 0 aliphatic carbocycles. The molecule has 2 heterocycles. The third kappa shape index (κ3) is 1.85. The minimum absolute atomic E-state index is 0.227. The van der Waals surface area contributed by atoms with E-state index in [-0.39, 0.29) is 5.56 Å². The van der Waals surface area contributed by atoms with Gasteiger partial charge in [0.05, 0.1) is 16.4 Å².